The van der Waals surface area contributed by atoms with Crippen molar-refractivity contribution in [1.82, 2.24) is 4.98 Å². The van der Waals surface area contributed by atoms with Crippen LogP contribution in [0.2, 0.25) is 0 Å². The molecule has 0 bridgehead atoms. The van der Waals surface area contributed by atoms with Crippen LogP contribution in [0.15, 0.2) is 43.0 Å². The third kappa shape index (κ3) is 3.24. The molecule has 30 heavy (non-hydrogen) atoms. The number of ether oxygens (including phenoxy) is 2. The van der Waals surface area contributed by atoms with E-state index in [1.165, 1.54) is 9.80 Å². The van der Waals surface area contributed by atoms with Crippen molar-refractivity contribution in [3.05, 3.63) is 48.6 Å². The van der Waals surface area contributed by atoms with Crippen LogP contribution in [0, 0.1) is 0 Å². The predicted molar refractivity (Wildman–Crippen MR) is 110 cm³/mol. The highest BCUT2D eigenvalue weighted by Gasteiger charge is 2.35. The van der Waals surface area contributed by atoms with Crippen molar-refractivity contribution >= 4 is 34.9 Å². The molecule has 1 aromatic carbocycles. The number of ketones is 1. The number of aromatic nitrogens is 1. The van der Waals surface area contributed by atoms with Gasteiger partial charge in [-0.15, -0.1) is 6.58 Å². The van der Waals surface area contributed by atoms with Gasteiger partial charge in [0.25, 0.3) is 11.8 Å². The van der Waals surface area contributed by atoms with Gasteiger partial charge in [-0.25, -0.2) is 4.98 Å². The summed E-state index contributed by atoms with van der Waals surface area (Å²) in [5.41, 5.74) is 6.58. The number of carbonyl (C=O) groups is 3. The van der Waals surface area contributed by atoms with Crippen LogP contribution in [0.25, 0.3) is 0 Å². The molecule has 1 aromatic heterocycles. The van der Waals surface area contributed by atoms with Gasteiger partial charge in [-0.05, 0) is 37.3 Å². The maximum Gasteiger partial charge on any atom is 0.266 e. The first-order valence-corrected chi connectivity index (χ1v) is 9.34. The first-order chi connectivity index (χ1) is 14.4. The van der Waals surface area contributed by atoms with E-state index >= 15 is 0 Å². The van der Waals surface area contributed by atoms with E-state index in [0.29, 0.717) is 29.3 Å². The second kappa shape index (κ2) is 7.51. The molecular weight excluding hydrogens is 388 g/mol. The molecule has 2 N–H and O–H groups in total. The summed E-state index contributed by atoms with van der Waals surface area (Å²) in [5, 5.41) is 0. The van der Waals surface area contributed by atoms with Crippen molar-refractivity contribution < 1.29 is 23.9 Å². The number of amides is 2. The average Bonchev–Trinajstić information content (AvgIpc) is 2.74. The Balaban J connectivity index is 1.69. The largest absolute Gasteiger partial charge is 0.482 e. The number of nitrogens with zero attached hydrogens (tertiary/aromatic N) is 3. The van der Waals surface area contributed by atoms with E-state index in [1.807, 2.05) is 0 Å². The Kier molecular flexibility index (Phi) is 4.86. The molecule has 154 valence electrons. The summed E-state index contributed by atoms with van der Waals surface area (Å²) in [6.45, 7) is 5.31. The highest BCUT2D eigenvalue weighted by atomic mass is 16.5. The zero-order chi connectivity index (χ0) is 21.4. The number of nitrogen functional groups attached to an aromatic ring is 1. The van der Waals surface area contributed by atoms with E-state index in [0.717, 1.165) is 0 Å². The lowest BCUT2D eigenvalue weighted by atomic mass is 10.0. The molecule has 0 aliphatic carbocycles. The average molecular weight is 408 g/mol. The van der Waals surface area contributed by atoms with E-state index in [9.17, 15) is 14.4 Å². The summed E-state index contributed by atoms with van der Waals surface area (Å²) in [4.78, 5) is 45.0. The van der Waals surface area contributed by atoms with E-state index in [1.54, 1.807) is 43.3 Å². The van der Waals surface area contributed by atoms with Gasteiger partial charge in [0.15, 0.2) is 30.6 Å². The quantitative estimate of drug-likeness (QED) is 0.590. The molecule has 0 fully saturated rings. The number of hydrogen-bond acceptors (Lipinski definition) is 7. The van der Waals surface area contributed by atoms with Crippen LogP contribution in [0.5, 0.6) is 11.5 Å². The number of Topliss-reactive ketones (excluding diaryl/α,β-unsaturated/α-hetero) is 1. The molecule has 2 amide bonds. The summed E-state index contributed by atoms with van der Waals surface area (Å²) in [6, 6.07) is 7.16. The van der Waals surface area contributed by atoms with E-state index in [4.69, 9.17) is 15.2 Å². The Morgan fingerprint density at radius 1 is 1.20 bits per heavy atom. The van der Waals surface area contributed by atoms with Crippen molar-refractivity contribution in [2.75, 3.05) is 35.3 Å². The summed E-state index contributed by atoms with van der Waals surface area (Å²) in [5.74, 6) is 0.356. The lowest BCUT2D eigenvalue weighted by Gasteiger charge is -2.33. The second-order valence-corrected chi connectivity index (χ2v) is 6.91. The van der Waals surface area contributed by atoms with Gasteiger partial charge < -0.3 is 20.1 Å². The fourth-order valence-corrected chi connectivity index (χ4v) is 3.51. The third-order valence-corrected chi connectivity index (χ3v) is 4.97. The molecular formula is C21H20N4O5. The molecule has 2 aromatic rings. The number of anilines is 3. The molecule has 1 unspecified atom stereocenters. The summed E-state index contributed by atoms with van der Waals surface area (Å²) in [7, 11) is 0. The summed E-state index contributed by atoms with van der Waals surface area (Å²) < 4.78 is 10.9. The van der Waals surface area contributed by atoms with Gasteiger partial charge >= 0.3 is 0 Å². The van der Waals surface area contributed by atoms with Crippen LogP contribution in [-0.2, 0) is 9.59 Å². The van der Waals surface area contributed by atoms with E-state index < -0.39 is 11.9 Å². The maximum atomic E-state index is 13.3. The predicted octanol–water partition coefficient (Wildman–Crippen LogP) is 1.57. The zero-order valence-corrected chi connectivity index (χ0v) is 16.3. The zero-order valence-electron chi connectivity index (χ0n) is 16.3. The molecule has 0 radical (unpaired) electrons. The van der Waals surface area contributed by atoms with Crippen LogP contribution in [-0.4, -0.2) is 48.4 Å². The third-order valence-electron chi connectivity index (χ3n) is 4.97. The van der Waals surface area contributed by atoms with Gasteiger partial charge in [-0.3, -0.25) is 19.3 Å². The molecule has 9 heteroatoms. The van der Waals surface area contributed by atoms with Crippen LogP contribution < -0.4 is 25.0 Å². The summed E-state index contributed by atoms with van der Waals surface area (Å²) >= 11 is 0. The van der Waals surface area contributed by atoms with Crippen LogP contribution >= 0.6 is 0 Å². The molecule has 1 atom stereocenters. The first kappa shape index (κ1) is 19.4. The number of pyridine rings is 1. The number of carbonyl (C=O) groups excluding carboxylic acids is 3. The highest BCUT2D eigenvalue weighted by Crippen LogP contribution is 2.35. The van der Waals surface area contributed by atoms with E-state index in [2.05, 4.69) is 11.6 Å². The van der Waals surface area contributed by atoms with E-state index in [-0.39, 0.29) is 36.5 Å². The normalized spacial score (nSPS) is 16.2. The number of nitrogens with two attached hydrogens (primary N) is 1. The Hall–Kier alpha value is -3.88. The molecule has 2 aliphatic rings. The van der Waals surface area contributed by atoms with Gasteiger partial charge in [-0.2, -0.15) is 0 Å². The topological polar surface area (TPSA) is 115 Å². The minimum absolute atomic E-state index is 0.0727. The fraction of sp³-hybridized carbons (Fsp3) is 0.238. The molecule has 3 heterocycles. The molecule has 0 saturated heterocycles. The van der Waals surface area contributed by atoms with Crippen LogP contribution in [0.1, 0.15) is 17.3 Å². The van der Waals surface area contributed by atoms with Crippen LogP contribution in [0.3, 0.4) is 0 Å². The first-order valence-electron chi connectivity index (χ1n) is 9.34. The minimum Gasteiger partial charge on any atom is -0.482 e. The Morgan fingerprint density at radius 2 is 1.90 bits per heavy atom. The number of fused-ring (bicyclic) bond motifs is 2. The Labute approximate surface area is 172 Å². The summed E-state index contributed by atoms with van der Waals surface area (Å²) in [6.07, 6.45) is 1.60. The number of rotatable bonds is 5. The molecule has 0 spiro atoms. The highest BCUT2D eigenvalue weighted by molar-refractivity contribution is 6.10. The maximum absolute atomic E-state index is 13.3. The lowest BCUT2D eigenvalue weighted by molar-refractivity contribution is -0.122. The Morgan fingerprint density at radius 3 is 2.67 bits per heavy atom. The molecule has 2 aliphatic heterocycles. The lowest BCUT2D eigenvalue weighted by Crippen LogP contribution is -2.48. The monoisotopic (exact) mass is 408 g/mol. The Bertz CT molecular complexity index is 1070. The van der Waals surface area contributed by atoms with Crippen molar-refractivity contribution in [2.45, 2.75) is 13.0 Å². The number of hydrogen-bond donors (Lipinski definition) is 1. The van der Waals surface area contributed by atoms with Crippen molar-refractivity contribution in [2.24, 2.45) is 0 Å². The molecule has 0 saturated carbocycles. The minimum atomic E-state index is -0.861. The smallest absolute Gasteiger partial charge is 0.266 e. The van der Waals surface area contributed by atoms with Gasteiger partial charge in [0.1, 0.15) is 11.6 Å². The van der Waals surface area contributed by atoms with Gasteiger partial charge in [-0.1, -0.05) is 6.08 Å². The molecule has 4 rings (SSSR count). The van der Waals surface area contributed by atoms with Crippen LogP contribution in [0.4, 0.5) is 17.3 Å². The van der Waals surface area contributed by atoms with Gasteiger partial charge in [0.2, 0.25) is 0 Å². The van der Waals surface area contributed by atoms with Gasteiger partial charge in [0.05, 0.1) is 11.7 Å². The SMILES string of the molecule is C=CCN1C(=O)COc2ccc(C(=O)C(C)N3C(=O)COc4ccc(N)nc43)cc21. The second-order valence-electron chi connectivity index (χ2n) is 6.91. The molecule has 9 nitrogen and oxygen atoms in total. The van der Waals surface area contributed by atoms with Gasteiger partial charge in [0, 0.05) is 12.1 Å². The standard InChI is InChI=1S/C21H20N4O5/c1-3-8-24-14-9-13(4-5-15(14)29-10-18(24)26)20(28)12(2)25-19(27)11-30-16-6-7-17(22)23-21(16)25/h3-7,9,12H,1,8,10-11H2,2H3,(H2,22,23). The fourth-order valence-electron chi connectivity index (χ4n) is 3.51. The van der Waals surface area contributed by atoms with Crippen molar-refractivity contribution in [1.29, 1.82) is 0 Å². The van der Waals surface area contributed by atoms with Crippen molar-refractivity contribution in [3.63, 3.8) is 0 Å². The number of benzene rings is 1. The van der Waals surface area contributed by atoms with Crippen molar-refractivity contribution in [3.8, 4) is 11.5 Å².